The van der Waals surface area contributed by atoms with Crippen LogP contribution in [0.15, 0.2) is 79.4 Å². The Hall–Kier alpha value is -4.20. The fraction of sp³-hybridized carbons (Fsp3) is 0.259. The van der Waals surface area contributed by atoms with Crippen LogP contribution in [-0.4, -0.2) is 50.8 Å². The molecule has 2 aromatic heterocycles. The number of ether oxygens (including phenoxy) is 2. The summed E-state index contributed by atoms with van der Waals surface area (Å²) in [5, 5.41) is 4.29. The van der Waals surface area contributed by atoms with Crippen LogP contribution in [0.2, 0.25) is 0 Å². The average molecular weight is 470 g/mol. The maximum Gasteiger partial charge on any atom is 0.254 e. The summed E-state index contributed by atoms with van der Waals surface area (Å²) in [7, 11) is 1.61. The van der Waals surface area contributed by atoms with Crippen LogP contribution in [0.1, 0.15) is 40.4 Å². The van der Waals surface area contributed by atoms with Gasteiger partial charge in [-0.15, -0.1) is 0 Å². The molecule has 1 atom stereocenters. The summed E-state index contributed by atoms with van der Waals surface area (Å²) >= 11 is 0. The van der Waals surface area contributed by atoms with Crippen molar-refractivity contribution >= 4 is 5.91 Å². The highest BCUT2D eigenvalue weighted by Crippen LogP contribution is 2.36. The summed E-state index contributed by atoms with van der Waals surface area (Å²) < 4.78 is 13.4. The van der Waals surface area contributed by atoms with Crippen LogP contribution >= 0.6 is 0 Å². The van der Waals surface area contributed by atoms with Crippen molar-refractivity contribution in [3.8, 4) is 17.4 Å². The van der Waals surface area contributed by atoms with Crippen LogP contribution in [0.4, 0.5) is 0 Å². The number of carbonyl (C=O) groups excluding carboxylic acids is 1. The van der Waals surface area contributed by atoms with Crippen molar-refractivity contribution in [2.45, 2.75) is 25.3 Å². The average Bonchev–Trinajstić information content (AvgIpc) is 3.42. The normalized spacial score (nSPS) is 15.6. The van der Waals surface area contributed by atoms with E-state index in [0.717, 1.165) is 24.1 Å². The number of hydrogen-bond acceptors (Lipinski definition) is 6. The first-order valence-electron chi connectivity index (χ1n) is 11.7. The maximum absolute atomic E-state index is 13.6. The molecule has 1 saturated heterocycles. The third-order valence-corrected chi connectivity index (χ3v) is 6.20. The second-order valence-corrected chi connectivity index (χ2v) is 8.45. The van der Waals surface area contributed by atoms with E-state index in [9.17, 15) is 4.79 Å². The Bertz CT molecular complexity index is 1290. The quantitative estimate of drug-likeness (QED) is 0.395. The number of para-hydroxylation sites is 2. The SMILES string of the molecule is COc1ccccc1Oc1nccnc1C1CCCN(C(=O)c2ccccc2Cn2cccn2)C1. The molecule has 1 unspecified atom stereocenters. The van der Waals surface area contributed by atoms with Crippen molar-refractivity contribution in [2.75, 3.05) is 20.2 Å². The molecule has 0 saturated carbocycles. The number of amides is 1. The number of methoxy groups -OCH3 is 1. The lowest BCUT2D eigenvalue weighted by molar-refractivity contribution is 0.0703. The summed E-state index contributed by atoms with van der Waals surface area (Å²) in [6, 6.07) is 17.1. The summed E-state index contributed by atoms with van der Waals surface area (Å²) in [5.74, 6) is 1.68. The molecule has 5 rings (SSSR count). The van der Waals surface area contributed by atoms with Gasteiger partial charge < -0.3 is 14.4 Å². The van der Waals surface area contributed by atoms with Gasteiger partial charge in [0.2, 0.25) is 5.88 Å². The molecule has 3 heterocycles. The second-order valence-electron chi connectivity index (χ2n) is 8.45. The molecule has 4 aromatic rings. The molecule has 1 amide bonds. The summed E-state index contributed by atoms with van der Waals surface area (Å²) in [6.07, 6.45) is 8.71. The Balaban J connectivity index is 1.37. The Morgan fingerprint density at radius 2 is 1.80 bits per heavy atom. The van der Waals surface area contributed by atoms with E-state index in [-0.39, 0.29) is 11.8 Å². The van der Waals surface area contributed by atoms with Gasteiger partial charge in [0.15, 0.2) is 11.5 Å². The number of carbonyl (C=O) groups is 1. The van der Waals surface area contributed by atoms with Crippen molar-refractivity contribution in [1.82, 2.24) is 24.6 Å². The van der Waals surface area contributed by atoms with Crippen molar-refractivity contribution in [3.05, 3.63) is 96.2 Å². The van der Waals surface area contributed by atoms with E-state index in [1.807, 2.05) is 70.4 Å². The van der Waals surface area contributed by atoms with E-state index >= 15 is 0 Å². The first kappa shape index (κ1) is 22.6. The Kier molecular flexibility index (Phi) is 6.70. The first-order valence-corrected chi connectivity index (χ1v) is 11.7. The van der Waals surface area contributed by atoms with Crippen LogP contribution in [0, 0.1) is 0 Å². The van der Waals surface area contributed by atoms with Crippen molar-refractivity contribution in [1.29, 1.82) is 0 Å². The fourth-order valence-corrected chi connectivity index (χ4v) is 4.49. The van der Waals surface area contributed by atoms with E-state index in [2.05, 4.69) is 15.1 Å². The van der Waals surface area contributed by atoms with E-state index in [4.69, 9.17) is 9.47 Å². The molecule has 0 bridgehead atoms. The van der Waals surface area contributed by atoms with E-state index in [1.165, 1.54) is 0 Å². The number of nitrogens with zero attached hydrogens (tertiary/aromatic N) is 5. The van der Waals surface area contributed by atoms with Crippen LogP contribution in [0.5, 0.6) is 17.4 Å². The summed E-state index contributed by atoms with van der Waals surface area (Å²) in [5.41, 5.74) is 2.40. The molecule has 35 heavy (non-hydrogen) atoms. The number of hydrogen-bond donors (Lipinski definition) is 0. The van der Waals surface area contributed by atoms with Gasteiger partial charge in [0, 0.05) is 49.4 Å². The van der Waals surface area contributed by atoms with Gasteiger partial charge in [-0.05, 0) is 42.7 Å². The number of likely N-dealkylation sites (tertiary alicyclic amines) is 1. The molecule has 0 spiro atoms. The Morgan fingerprint density at radius 3 is 2.63 bits per heavy atom. The van der Waals surface area contributed by atoms with Gasteiger partial charge in [0.25, 0.3) is 5.91 Å². The monoisotopic (exact) mass is 469 g/mol. The number of rotatable bonds is 7. The summed E-state index contributed by atoms with van der Waals surface area (Å²) in [4.78, 5) is 24.6. The zero-order chi connectivity index (χ0) is 24.0. The molecule has 0 aliphatic carbocycles. The van der Waals surface area contributed by atoms with Gasteiger partial charge in [0.1, 0.15) is 5.69 Å². The molecule has 0 N–H and O–H groups in total. The first-order chi connectivity index (χ1) is 17.2. The van der Waals surface area contributed by atoms with Gasteiger partial charge in [0.05, 0.1) is 13.7 Å². The van der Waals surface area contributed by atoms with Crippen molar-refractivity contribution < 1.29 is 14.3 Å². The molecule has 8 nitrogen and oxygen atoms in total. The van der Waals surface area contributed by atoms with Crippen molar-refractivity contribution in [3.63, 3.8) is 0 Å². The van der Waals surface area contributed by atoms with Gasteiger partial charge >= 0.3 is 0 Å². The number of benzene rings is 2. The van der Waals surface area contributed by atoms with Crippen LogP contribution in [-0.2, 0) is 6.54 Å². The lowest BCUT2D eigenvalue weighted by Gasteiger charge is -2.33. The highest BCUT2D eigenvalue weighted by molar-refractivity contribution is 5.95. The lowest BCUT2D eigenvalue weighted by Crippen LogP contribution is -2.39. The zero-order valence-electron chi connectivity index (χ0n) is 19.6. The Labute approximate surface area is 204 Å². The lowest BCUT2D eigenvalue weighted by atomic mass is 9.93. The van der Waals surface area contributed by atoms with Crippen LogP contribution in [0.25, 0.3) is 0 Å². The van der Waals surface area contributed by atoms with E-state index < -0.39 is 0 Å². The number of piperidine rings is 1. The third-order valence-electron chi connectivity index (χ3n) is 6.20. The molecular weight excluding hydrogens is 442 g/mol. The molecule has 1 aliphatic heterocycles. The minimum Gasteiger partial charge on any atom is -0.493 e. The van der Waals surface area contributed by atoms with Gasteiger partial charge in [-0.3, -0.25) is 14.5 Å². The van der Waals surface area contributed by atoms with Gasteiger partial charge in [-0.2, -0.15) is 5.10 Å². The molecule has 1 aliphatic rings. The summed E-state index contributed by atoms with van der Waals surface area (Å²) in [6.45, 7) is 1.80. The molecule has 8 heteroatoms. The molecule has 1 fully saturated rings. The highest BCUT2D eigenvalue weighted by Gasteiger charge is 2.30. The molecule has 178 valence electrons. The standard InChI is InChI=1S/C27H27N5O3/c1-34-23-11-4-5-12-24(23)35-26-25(28-14-15-29-26)21-9-6-16-31(18-21)27(33)22-10-3-2-8-20(22)19-32-17-7-13-30-32/h2-5,7-8,10-15,17,21H,6,9,16,18-19H2,1H3. The van der Waals surface area contributed by atoms with E-state index in [0.29, 0.717) is 42.6 Å². The third kappa shape index (κ3) is 5.01. The van der Waals surface area contributed by atoms with Gasteiger partial charge in [-0.1, -0.05) is 30.3 Å². The Morgan fingerprint density at radius 1 is 1.00 bits per heavy atom. The fourth-order valence-electron chi connectivity index (χ4n) is 4.49. The predicted molar refractivity (Wildman–Crippen MR) is 131 cm³/mol. The molecule has 2 aromatic carbocycles. The van der Waals surface area contributed by atoms with Crippen molar-refractivity contribution in [2.24, 2.45) is 0 Å². The largest absolute Gasteiger partial charge is 0.493 e. The van der Waals surface area contributed by atoms with Crippen LogP contribution in [0.3, 0.4) is 0 Å². The van der Waals surface area contributed by atoms with E-state index in [1.54, 1.807) is 25.7 Å². The minimum atomic E-state index is 0.0179. The van der Waals surface area contributed by atoms with Crippen LogP contribution < -0.4 is 9.47 Å². The smallest absolute Gasteiger partial charge is 0.254 e. The van der Waals surface area contributed by atoms with Gasteiger partial charge in [-0.25, -0.2) is 4.98 Å². The maximum atomic E-state index is 13.6. The topological polar surface area (TPSA) is 82.4 Å². The highest BCUT2D eigenvalue weighted by atomic mass is 16.5. The predicted octanol–water partition coefficient (Wildman–Crippen LogP) is 4.54. The zero-order valence-corrected chi connectivity index (χ0v) is 19.6. The second kappa shape index (κ2) is 10.4. The molecular formula is C27H27N5O3. The number of aromatic nitrogens is 4. The molecule has 0 radical (unpaired) electrons. The minimum absolute atomic E-state index is 0.0179.